The molecular formula is C15H27N. The van der Waals surface area contributed by atoms with Gasteiger partial charge in [-0.3, -0.25) is 0 Å². The molecular weight excluding hydrogens is 194 g/mol. The van der Waals surface area contributed by atoms with E-state index in [1.807, 2.05) is 0 Å². The summed E-state index contributed by atoms with van der Waals surface area (Å²) in [6.07, 6.45) is 13.8. The molecule has 0 saturated carbocycles. The number of rotatable bonds is 8. The van der Waals surface area contributed by atoms with Crippen LogP contribution >= 0.6 is 0 Å². The first kappa shape index (κ1) is 13.3. The molecule has 1 rings (SSSR count). The second-order valence-corrected chi connectivity index (χ2v) is 4.75. The average Bonchev–Trinajstić information content (AvgIpc) is 2.63. The van der Waals surface area contributed by atoms with Crippen molar-refractivity contribution in [3.8, 4) is 0 Å². The molecule has 1 heterocycles. The Labute approximate surface area is 101 Å². The molecule has 0 amide bonds. The van der Waals surface area contributed by atoms with E-state index in [-0.39, 0.29) is 0 Å². The lowest BCUT2D eigenvalue weighted by Gasteiger charge is -2.00. The van der Waals surface area contributed by atoms with E-state index in [1.54, 1.807) is 11.1 Å². The Morgan fingerprint density at radius 2 is 1.38 bits per heavy atom. The van der Waals surface area contributed by atoms with Crippen LogP contribution < -0.4 is 0 Å². The predicted octanol–water partition coefficient (Wildman–Crippen LogP) is 4.58. The Morgan fingerprint density at radius 3 is 1.81 bits per heavy atom. The molecule has 0 spiro atoms. The molecule has 92 valence electrons. The quantitative estimate of drug-likeness (QED) is 0.566. The van der Waals surface area contributed by atoms with Gasteiger partial charge in [0.05, 0.1) is 0 Å². The third kappa shape index (κ3) is 4.03. The second-order valence-electron chi connectivity index (χ2n) is 4.75. The normalized spacial score (nSPS) is 10.9. The molecule has 0 saturated heterocycles. The number of aryl methyl sites for hydroxylation is 3. The summed E-state index contributed by atoms with van der Waals surface area (Å²) in [5.74, 6) is 0. The molecule has 0 bridgehead atoms. The molecule has 0 aliphatic rings. The van der Waals surface area contributed by atoms with Crippen molar-refractivity contribution in [1.82, 2.24) is 4.57 Å². The summed E-state index contributed by atoms with van der Waals surface area (Å²) < 4.78 is 2.41. The maximum Gasteiger partial charge on any atom is 0.0219 e. The molecule has 0 radical (unpaired) electrons. The summed E-state index contributed by atoms with van der Waals surface area (Å²) in [6.45, 7) is 8.00. The maximum atomic E-state index is 2.41. The highest BCUT2D eigenvalue weighted by atomic mass is 14.9. The van der Waals surface area contributed by atoms with Gasteiger partial charge in [0.1, 0.15) is 0 Å². The van der Waals surface area contributed by atoms with Crippen LogP contribution in [0.4, 0.5) is 0 Å². The number of nitrogens with zero attached hydrogens (tertiary/aromatic N) is 1. The summed E-state index contributed by atoms with van der Waals surface area (Å²) in [5, 5.41) is 0. The first-order valence-electron chi connectivity index (χ1n) is 6.99. The zero-order valence-electron chi connectivity index (χ0n) is 11.3. The third-order valence-electron chi connectivity index (χ3n) is 3.11. The summed E-state index contributed by atoms with van der Waals surface area (Å²) in [5.41, 5.74) is 3.17. The van der Waals surface area contributed by atoms with Gasteiger partial charge >= 0.3 is 0 Å². The van der Waals surface area contributed by atoms with Crippen molar-refractivity contribution in [3.05, 3.63) is 23.5 Å². The van der Waals surface area contributed by atoms with Gasteiger partial charge in [0, 0.05) is 18.9 Å². The molecule has 0 unspecified atom stereocenters. The summed E-state index contributed by atoms with van der Waals surface area (Å²) in [6, 6.07) is 0. The Kier molecular flexibility index (Phi) is 6.29. The minimum Gasteiger partial charge on any atom is -0.354 e. The van der Waals surface area contributed by atoms with Crippen molar-refractivity contribution in [2.24, 2.45) is 0 Å². The fourth-order valence-corrected chi connectivity index (χ4v) is 2.27. The highest BCUT2D eigenvalue weighted by Crippen LogP contribution is 2.16. The molecule has 0 aliphatic heterocycles. The SMILES string of the molecule is CCCCCn1cc(CCC)c(CCC)c1. The van der Waals surface area contributed by atoms with E-state index in [0.29, 0.717) is 0 Å². The zero-order chi connectivity index (χ0) is 11.8. The van der Waals surface area contributed by atoms with Crippen molar-refractivity contribution < 1.29 is 0 Å². The lowest BCUT2D eigenvalue weighted by molar-refractivity contribution is 0.602. The van der Waals surface area contributed by atoms with E-state index in [2.05, 4.69) is 37.7 Å². The van der Waals surface area contributed by atoms with Crippen LogP contribution in [0.25, 0.3) is 0 Å². The molecule has 0 fully saturated rings. The number of aromatic nitrogens is 1. The lowest BCUT2D eigenvalue weighted by Crippen LogP contribution is -1.93. The highest BCUT2D eigenvalue weighted by Gasteiger charge is 2.05. The van der Waals surface area contributed by atoms with Crippen molar-refractivity contribution in [2.75, 3.05) is 0 Å². The van der Waals surface area contributed by atoms with E-state index in [4.69, 9.17) is 0 Å². The summed E-state index contributed by atoms with van der Waals surface area (Å²) in [7, 11) is 0. The van der Waals surface area contributed by atoms with E-state index in [1.165, 1.54) is 51.5 Å². The van der Waals surface area contributed by atoms with Gasteiger partial charge in [-0.1, -0.05) is 46.5 Å². The molecule has 1 aromatic heterocycles. The van der Waals surface area contributed by atoms with E-state index in [9.17, 15) is 0 Å². The standard InChI is InChI=1S/C15H27N/c1-4-7-8-11-16-12-14(9-5-2)15(13-16)10-6-3/h12-13H,4-11H2,1-3H3. The van der Waals surface area contributed by atoms with Gasteiger partial charge in [0.15, 0.2) is 0 Å². The molecule has 0 aromatic carbocycles. The van der Waals surface area contributed by atoms with Gasteiger partial charge in [-0.05, 0) is 30.4 Å². The van der Waals surface area contributed by atoms with E-state index < -0.39 is 0 Å². The lowest BCUT2D eigenvalue weighted by atomic mass is 10.1. The van der Waals surface area contributed by atoms with Crippen LogP contribution in [0.5, 0.6) is 0 Å². The topological polar surface area (TPSA) is 4.93 Å². The van der Waals surface area contributed by atoms with Gasteiger partial charge < -0.3 is 4.57 Å². The van der Waals surface area contributed by atoms with Gasteiger partial charge in [0.2, 0.25) is 0 Å². The molecule has 1 heteroatoms. The Hall–Kier alpha value is -0.720. The van der Waals surface area contributed by atoms with E-state index in [0.717, 1.165) is 0 Å². The number of hydrogen-bond donors (Lipinski definition) is 0. The van der Waals surface area contributed by atoms with Crippen LogP contribution in [-0.4, -0.2) is 4.57 Å². The van der Waals surface area contributed by atoms with Gasteiger partial charge in [0.25, 0.3) is 0 Å². The zero-order valence-corrected chi connectivity index (χ0v) is 11.3. The largest absolute Gasteiger partial charge is 0.354 e. The fourth-order valence-electron chi connectivity index (χ4n) is 2.27. The molecule has 1 aromatic rings. The maximum absolute atomic E-state index is 2.41. The third-order valence-corrected chi connectivity index (χ3v) is 3.11. The van der Waals surface area contributed by atoms with Crippen LogP contribution in [0.1, 0.15) is 64.0 Å². The van der Waals surface area contributed by atoms with Crippen LogP contribution in [0, 0.1) is 0 Å². The van der Waals surface area contributed by atoms with Gasteiger partial charge in [-0.2, -0.15) is 0 Å². The Balaban J connectivity index is 2.60. The van der Waals surface area contributed by atoms with Crippen LogP contribution in [0.2, 0.25) is 0 Å². The van der Waals surface area contributed by atoms with Crippen molar-refractivity contribution in [1.29, 1.82) is 0 Å². The summed E-state index contributed by atoms with van der Waals surface area (Å²) >= 11 is 0. The second kappa shape index (κ2) is 7.54. The highest BCUT2D eigenvalue weighted by molar-refractivity contribution is 5.24. The average molecular weight is 221 g/mol. The van der Waals surface area contributed by atoms with Gasteiger partial charge in [-0.15, -0.1) is 0 Å². The fraction of sp³-hybridized carbons (Fsp3) is 0.733. The Bertz CT molecular complexity index is 262. The van der Waals surface area contributed by atoms with Gasteiger partial charge in [-0.25, -0.2) is 0 Å². The van der Waals surface area contributed by atoms with Crippen LogP contribution in [0.15, 0.2) is 12.4 Å². The molecule has 0 N–H and O–H groups in total. The minimum absolute atomic E-state index is 1.20. The Morgan fingerprint density at radius 1 is 0.812 bits per heavy atom. The molecule has 16 heavy (non-hydrogen) atoms. The minimum atomic E-state index is 1.20. The number of hydrogen-bond acceptors (Lipinski definition) is 0. The monoisotopic (exact) mass is 221 g/mol. The van der Waals surface area contributed by atoms with E-state index >= 15 is 0 Å². The van der Waals surface area contributed by atoms with Crippen molar-refractivity contribution in [3.63, 3.8) is 0 Å². The summed E-state index contributed by atoms with van der Waals surface area (Å²) in [4.78, 5) is 0. The first-order valence-corrected chi connectivity index (χ1v) is 6.99. The molecule has 0 atom stereocenters. The van der Waals surface area contributed by atoms with Crippen LogP contribution in [0.3, 0.4) is 0 Å². The van der Waals surface area contributed by atoms with Crippen molar-refractivity contribution >= 4 is 0 Å². The number of unbranched alkanes of at least 4 members (excludes halogenated alkanes) is 2. The molecule has 1 nitrogen and oxygen atoms in total. The predicted molar refractivity (Wildman–Crippen MR) is 71.9 cm³/mol. The molecule has 0 aliphatic carbocycles. The smallest absolute Gasteiger partial charge is 0.0219 e. The van der Waals surface area contributed by atoms with Crippen molar-refractivity contribution in [2.45, 2.75) is 72.3 Å². The van der Waals surface area contributed by atoms with Crippen LogP contribution in [-0.2, 0) is 19.4 Å². The first-order chi connectivity index (χ1) is 7.81.